The molecule has 0 spiro atoms. The highest BCUT2D eigenvalue weighted by atomic mass is 79.9. The van der Waals surface area contributed by atoms with Crippen molar-refractivity contribution in [2.75, 3.05) is 18.5 Å². The minimum Gasteiger partial charge on any atom is -0.431 e. The second kappa shape index (κ2) is 6.72. The summed E-state index contributed by atoms with van der Waals surface area (Å²) in [4.78, 5) is 0. The fourth-order valence-corrected chi connectivity index (χ4v) is 2.85. The Labute approximate surface area is 123 Å². The number of nitrogens with one attached hydrogen (secondary N) is 1. The van der Waals surface area contributed by atoms with Gasteiger partial charge in [0.15, 0.2) is 5.75 Å². The summed E-state index contributed by atoms with van der Waals surface area (Å²) in [5, 5.41) is 3.58. The molecule has 19 heavy (non-hydrogen) atoms. The van der Waals surface area contributed by atoms with Gasteiger partial charge >= 0.3 is 6.61 Å². The van der Waals surface area contributed by atoms with E-state index >= 15 is 0 Å². The lowest BCUT2D eigenvalue weighted by Gasteiger charge is -2.25. The molecule has 0 aromatic heterocycles. The molecule has 3 nitrogen and oxygen atoms in total. The molecule has 1 unspecified atom stereocenters. The molecule has 0 amide bonds. The van der Waals surface area contributed by atoms with Crippen molar-refractivity contribution in [2.45, 2.75) is 25.5 Å². The maximum absolute atomic E-state index is 12.4. The third-order valence-corrected chi connectivity index (χ3v) is 3.54. The lowest BCUT2D eigenvalue weighted by molar-refractivity contribution is -0.0499. The summed E-state index contributed by atoms with van der Waals surface area (Å²) in [7, 11) is 0. The maximum atomic E-state index is 12.4. The van der Waals surface area contributed by atoms with E-state index in [1.165, 1.54) is 6.07 Å². The molecule has 0 saturated carbocycles. The van der Waals surface area contributed by atoms with Crippen LogP contribution in [-0.2, 0) is 4.74 Å². The minimum absolute atomic E-state index is 0.0602. The van der Waals surface area contributed by atoms with Gasteiger partial charge in [-0.2, -0.15) is 8.78 Å². The van der Waals surface area contributed by atoms with Crippen molar-refractivity contribution in [2.24, 2.45) is 0 Å². The number of halogens is 4. The van der Waals surface area contributed by atoms with Crippen molar-refractivity contribution in [1.29, 1.82) is 0 Å². The highest BCUT2D eigenvalue weighted by molar-refractivity contribution is 9.10. The van der Waals surface area contributed by atoms with Gasteiger partial charge in [0.1, 0.15) is 0 Å². The first-order valence-corrected chi connectivity index (χ1v) is 7.01. The zero-order valence-corrected chi connectivity index (χ0v) is 12.3. The van der Waals surface area contributed by atoms with E-state index in [1.54, 1.807) is 6.07 Å². The zero-order chi connectivity index (χ0) is 13.8. The summed E-state index contributed by atoms with van der Waals surface area (Å²) in [5.74, 6) is 0.0602. The molecule has 2 rings (SSSR count). The van der Waals surface area contributed by atoms with Crippen LogP contribution in [0.25, 0.3) is 0 Å². The Morgan fingerprint density at radius 2 is 2.26 bits per heavy atom. The predicted octanol–water partition coefficient (Wildman–Crippen LogP) is 4.29. The number of rotatable bonds is 4. The van der Waals surface area contributed by atoms with Crippen LogP contribution in [0.2, 0.25) is 5.02 Å². The number of alkyl halides is 2. The van der Waals surface area contributed by atoms with Gasteiger partial charge in [-0.3, -0.25) is 0 Å². The van der Waals surface area contributed by atoms with Crippen LogP contribution >= 0.6 is 27.5 Å². The quantitative estimate of drug-likeness (QED) is 0.873. The van der Waals surface area contributed by atoms with Crippen LogP contribution in [-0.4, -0.2) is 25.9 Å². The fourth-order valence-electron chi connectivity index (χ4n) is 1.95. The number of anilines is 1. The van der Waals surface area contributed by atoms with Crippen LogP contribution in [0.15, 0.2) is 16.6 Å². The van der Waals surface area contributed by atoms with Crippen molar-refractivity contribution in [3.05, 3.63) is 21.6 Å². The second-order valence-corrected chi connectivity index (χ2v) is 5.49. The SMILES string of the molecule is FC(F)Oc1c(Br)cc(Cl)cc1NC1CCCOC1. The molecule has 1 atom stereocenters. The van der Waals surface area contributed by atoms with E-state index in [0.717, 1.165) is 19.4 Å². The molecular weight excluding hydrogens is 343 g/mol. The molecule has 1 aromatic carbocycles. The van der Waals surface area contributed by atoms with E-state index in [4.69, 9.17) is 16.3 Å². The molecule has 0 aliphatic carbocycles. The van der Waals surface area contributed by atoms with Gasteiger partial charge in [-0.15, -0.1) is 0 Å². The smallest absolute Gasteiger partial charge is 0.387 e. The van der Waals surface area contributed by atoms with Crippen LogP contribution < -0.4 is 10.1 Å². The molecule has 106 valence electrons. The van der Waals surface area contributed by atoms with Gasteiger partial charge in [0.25, 0.3) is 0 Å². The van der Waals surface area contributed by atoms with Crippen LogP contribution in [0.1, 0.15) is 12.8 Å². The van der Waals surface area contributed by atoms with Crippen LogP contribution in [0.4, 0.5) is 14.5 Å². The van der Waals surface area contributed by atoms with E-state index in [0.29, 0.717) is 21.8 Å². The Bertz CT molecular complexity index is 442. The standard InChI is InChI=1S/C12H13BrClF2NO2/c13-9-4-7(14)5-10(11(9)19-12(15)16)17-8-2-1-3-18-6-8/h4-5,8,12,17H,1-3,6H2. The lowest BCUT2D eigenvalue weighted by Crippen LogP contribution is -2.30. The first-order valence-electron chi connectivity index (χ1n) is 5.84. The summed E-state index contributed by atoms with van der Waals surface area (Å²) in [6, 6.07) is 3.15. The Morgan fingerprint density at radius 1 is 1.47 bits per heavy atom. The monoisotopic (exact) mass is 355 g/mol. The van der Waals surface area contributed by atoms with Crippen LogP contribution in [0.5, 0.6) is 5.75 Å². The summed E-state index contributed by atoms with van der Waals surface area (Å²) < 4.78 is 35.1. The average molecular weight is 357 g/mol. The Hall–Kier alpha value is -0.590. The molecule has 0 bridgehead atoms. The van der Waals surface area contributed by atoms with Gasteiger partial charge < -0.3 is 14.8 Å². The Kier molecular flexibility index (Phi) is 5.24. The van der Waals surface area contributed by atoms with Crippen molar-refractivity contribution >= 4 is 33.2 Å². The summed E-state index contributed by atoms with van der Waals surface area (Å²) in [5.41, 5.74) is 0.440. The van der Waals surface area contributed by atoms with Gasteiger partial charge in [0.05, 0.1) is 16.8 Å². The largest absolute Gasteiger partial charge is 0.431 e. The van der Waals surface area contributed by atoms with Gasteiger partial charge in [-0.25, -0.2) is 0 Å². The third kappa shape index (κ3) is 4.19. The van der Waals surface area contributed by atoms with Gasteiger partial charge in [0.2, 0.25) is 0 Å². The second-order valence-electron chi connectivity index (χ2n) is 4.20. The zero-order valence-electron chi connectivity index (χ0n) is 9.97. The molecule has 1 heterocycles. The molecular formula is C12H13BrClF2NO2. The Balaban J connectivity index is 2.20. The van der Waals surface area contributed by atoms with Gasteiger partial charge in [-0.05, 0) is 40.9 Å². The summed E-state index contributed by atoms with van der Waals surface area (Å²) in [6.45, 7) is -1.61. The molecule has 1 aliphatic rings. The number of benzene rings is 1. The summed E-state index contributed by atoms with van der Waals surface area (Å²) in [6.07, 6.45) is 1.85. The molecule has 0 radical (unpaired) electrons. The van der Waals surface area contributed by atoms with E-state index in [1.807, 2.05) is 0 Å². The lowest BCUT2D eigenvalue weighted by atomic mass is 10.1. The average Bonchev–Trinajstić information content (AvgIpc) is 2.34. The van der Waals surface area contributed by atoms with Crippen LogP contribution in [0.3, 0.4) is 0 Å². The number of hydrogen-bond acceptors (Lipinski definition) is 3. The molecule has 1 aliphatic heterocycles. The van der Waals surface area contributed by atoms with E-state index < -0.39 is 6.61 Å². The minimum atomic E-state index is -2.89. The molecule has 1 aromatic rings. The first-order chi connectivity index (χ1) is 9.06. The molecule has 1 fully saturated rings. The molecule has 7 heteroatoms. The molecule has 1 N–H and O–H groups in total. The fraction of sp³-hybridized carbons (Fsp3) is 0.500. The topological polar surface area (TPSA) is 30.5 Å². The van der Waals surface area contributed by atoms with Crippen molar-refractivity contribution in [3.63, 3.8) is 0 Å². The first kappa shape index (κ1) is 14.8. The highest BCUT2D eigenvalue weighted by Gasteiger charge is 2.19. The van der Waals surface area contributed by atoms with E-state index in [-0.39, 0.29) is 11.8 Å². The highest BCUT2D eigenvalue weighted by Crippen LogP contribution is 2.38. The third-order valence-electron chi connectivity index (χ3n) is 2.74. The van der Waals surface area contributed by atoms with Gasteiger partial charge in [-0.1, -0.05) is 11.6 Å². The molecule has 1 saturated heterocycles. The van der Waals surface area contributed by atoms with E-state index in [2.05, 4.69) is 26.0 Å². The maximum Gasteiger partial charge on any atom is 0.387 e. The number of hydrogen-bond donors (Lipinski definition) is 1. The van der Waals surface area contributed by atoms with Crippen molar-refractivity contribution < 1.29 is 18.3 Å². The van der Waals surface area contributed by atoms with Gasteiger partial charge in [0, 0.05) is 17.7 Å². The van der Waals surface area contributed by atoms with E-state index in [9.17, 15) is 8.78 Å². The normalized spacial score (nSPS) is 19.5. The van der Waals surface area contributed by atoms with Crippen molar-refractivity contribution in [3.8, 4) is 5.75 Å². The number of ether oxygens (including phenoxy) is 2. The van der Waals surface area contributed by atoms with Crippen molar-refractivity contribution in [1.82, 2.24) is 0 Å². The summed E-state index contributed by atoms with van der Waals surface area (Å²) >= 11 is 9.11. The predicted molar refractivity (Wildman–Crippen MR) is 73.2 cm³/mol. The van der Waals surface area contributed by atoms with Crippen LogP contribution in [0, 0.1) is 0 Å². The Morgan fingerprint density at radius 3 is 2.89 bits per heavy atom.